The molecule has 0 aliphatic heterocycles. The number of hydrogen-bond donors (Lipinski definition) is 1. The van der Waals surface area contributed by atoms with Crippen molar-refractivity contribution in [3.63, 3.8) is 0 Å². The molecule has 0 spiro atoms. The third-order valence-corrected chi connectivity index (χ3v) is 3.23. The van der Waals surface area contributed by atoms with Gasteiger partial charge < -0.3 is 5.41 Å². The summed E-state index contributed by atoms with van der Waals surface area (Å²) in [7, 11) is 0. The molecule has 0 amide bonds. The number of allylic oxidation sites excluding steroid dienone is 4. The zero-order valence-electron chi connectivity index (χ0n) is 7.61. The van der Waals surface area contributed by atoms with Crippen molar-refractivity contribution in [2.45, 2.75) is 19.8 Å². The van der Waals surface area contributed by atoms with Gasteiger partial charge in [0.1, 0.15) is 0 Å². The Kier molecular flexibility index (Phi) is 4.39. The first-order valence-electron chi connectivity index (χ1n) is 4.35. The summed E-state index contributed by atoms with van der Waals surface area (Å²) in [6.45, 7) is 2.18. The quantitative estimate of drug-likeness (QED) is 0.707. The van der Waals surface area contributed by atoms with Crippen LogP contribution in [0.3, 0.4) is 0 Å². The highest BCUT2D eigenvalue weighted by Crippen LogP contribution is 2.22. The van der Waals surface area contributed by atoms with Crippen molar-refractivity contribution >= 4 is 37.6 Å². The summed E-state index contributed by atoms with van der Waals surface area (Å²) in [6.07, 6.45) is 6.19. The first kappa shape index (κ1) is 11.2. The first-order valence-corrected chi connectivity index (χ1v) is 6.26. The van der Waals surface area contributed by atoms with Crippen molar-refractivity contribution < 1.29 is 0 Å². The van der Waals surface area contributed by atoms with Crippen LogP contribution in [-0.4, -0.2) is 11.0 Å². The van der Waals surface area contributed by atoms with Gasteiger partial charge in [0.2, 0.25) is 0 Å². The Bertz CT molecular complexity index is 266. The molecule has 0 aromatic heterocycles. The van der Waals surface area contributed by atoms with Crippen LogP contribution in [-0.2, 0) is 0 Å². The van der Waals surface area contributed by atoms with Crippen LogP contribution >= 0.6 is 31.9 Å². The topological polar surface area (TPSA) is 23.9 Å². The average molecular weight is 307 g/mol. The van der Waals surface area contributed by atoms with Gasteiger partial charge >= 0.3 is 0 Å². The van der Waals surface area contributed by atoms with E-state index in [-0.39, 0.29) is 0 Å². The van der Waals surface area contributed by atoms with Crippen LogP contribution in [0.5, 0.6) is 0 Å². The predicted molar refractivity (Wildman–Crippen MR) is 65.0 cm³/mol. The van der Waals surface area contributed by atoms with E-state index in [1.807, 2.05) is 6.08 Å². The smallest absolute Gasteiger partial charge is 0.0354 e. The van der Waals surface area contributed by atoms with Crippen molar-refractivity contribution in [3.8, 4) is 0 Å². The third kappa shape index (κ3) is 3.39. The van der Waals surface area contributed by atoms with E-state index in [2.05, 4.69) is 44.9 Å². The molecule has 0 bridgehead atoms. The van der Waals surface area contributed by atoms with Crippen molar-refractivity contribution in [2.24, 2.45) is 5.92 Å². The van der Waals surface area contributed by atoms with E-state index in [0.717, 1.165) is 33.9 Å². The van der Waals surface area contributed by atoms with Crippen LogP contribution in [0.15, 0.2) is 22.2 Å². The molecule has 0 aromatic rings. The molecule has 1 nitrogen and oxygen atoms in total. The Balaban J connectivity index is 2.92. The lowest BCUT2D eigenvalue weighted by molar-refractivity contribution is 0.666. The number of alkyl halides is 1. The Morgan fingerprint density at radius 3 is 2.92 bits per heavy atom. The molecular weight excluding hydrogens is 294 g/mol. The molecule has 1 atom stereocenters. The maximum atomic E-state index is 7.82. The molecule has 13 heavy (non-hydrogen) atoms. The minimum absolute atomic E-state index is 0.558. The van der Waals surface area contributed by atoms with Gasteiger partial charge in [-0.25, -0.2) is 0 Å². The normalized spacial score (nSPS) is 28.5. The van der Waals surface area contributed by atoms with E-state index < -0.39 is 0 Å². The monoisotopic (exact) mass is 305 g/mol. The molecule has 1 aliphatic carbocycles. The second-order valence-corrected chi connectivity index (χ2v) is 4.83. The Hall–Kier alpha value is 0.110. The van der Waals surface area contributed by atoms with Crippen LogP contribution in [0.1, 0.15) is 19.8 Å². The van der Waals surface area contributed by atoms with Crippen molar-refractivity contribution in [1.82, 2.24) is 0 Å². The van der Waals surface area contributed by atoms with Gasteiger partial charge in [-0.2, -0.15) is 0 Å². The number of hydrogen-bond acceptors (Lipinski definition) is 1. The van der Waals surface area contributed by atoms with Crippen molar-refractivity contribution in [3.05, 3.63) is 22.2 Å². The highest BCUT2D eigenvalue weighted by molar-refractivity contribution is 9.12. The summed E-state index contributed by atoms with van der Waals surface area (Å²) in [5, 5.41) is 8.58. The maximum absolute atomic E-state index is 7.82. The zero-order chi connectivity index (χ0) is 9.84. The van der Waals surface area contributed by atoms with Crippen LogP contribution in [0.2, 0.25) is 0 Å². The fourth-order valence-corrected chi connectivity index (χ4v) is 2.54. The van der Waals surface area contributed by atoms with Crippen molar-refractivity contribution in [1.29, 1.82) is 5.41 Å². The lowest BCUT2D eigenvalue weighted by Gasteiger charge is -2.13. The molecule has 1 rings (SSSR count). The standard InChI is InChI=1S/C10H13Br2N/c1-7-2-3-10(13)8(6-11)5-9(12)4-7/h4-5,7,13H,2-3,6H2,1H3/b8-5-,9-4?,13-10?. The summed E-state index contributed by atoms with van der Waals surface area (Å²) in [5.74, 6) is 0.558. The Morgan fingerprint density at radius 1 is 1.62 bits per heavy atom. The molecule has 1 aliphatic rings. The zero-order valence-corrected chi connectivity index (χ0v) is 10.8. The molecule has 0 radical (unpaired) electrons. The molecule has 0 aromatic carbocycles. The summed E-state index contributed by atoms with van der Waals surface area (Å²) in [4.78, 5) is 0. The highest BCUT2D eigenvalue weighted by Gasteiger charge is 2.10. The van der Waals surface area contributed by atoms with E-state index in [1.165, 1.54) is 0 Å². The molecule has 3 heteroatoms. The van der Waals surface area contributed by atoms with Crippen LogP contribution < -0.4 is 0 Å². The summed E-state index contributed by atoms with van der Waals surface area (Å²) in [6, 6.07) is 0. The molecular formula is C10H13Br2N. The number of halogens is 2. The first-order chi connectivity index (χ1) is 6.13. The van der Waals surface area contributed by atoms with Gasteiger partial charge in [-0.1, -0.05) is 44.9 Å². The largest absolute Gasteiger partial charge is 0.305 e. The Morgan fingerprint density at radius 2 is 2.31 bits per heavy atom. The lowest BCUT2D eigenvalue weighted by Crippen LogP contribution is -2.07. The lowest BCUT2D eigenvalue weighted by atomic mass is 9.97. The minimum atomic E-state index is 0.558. The van der Waals surface area contributed by atoms with Gasteiger partial charge in [0.05, 0.1) is 0 Å². The van der Waals surface area contributed by atoms with E-state index >= 15 is 0 Å². The SMILES string of the molecule is CC1C=C(Br)/C=C(/CBr)C(=N)CC1. The minimum Gasteiger partial charge on any atom is -0.305 e. The number of nitrogens with one attached hydrogen (secondary N) is 1. The molecule has 1 unspecified atom stereocenters. The molecule has 72 valence electrons. The average Bonchev–Trinajstić information content (AvgIpc) is 2.08. The van der Waals surface area contributed by atoms with Gasteiger partial charge in [-0.3, -0.25) is 0 Å². The molecule has 0 fully saturated rings. The van der Waals surface area contributed by atoms with E-state index in [4.69, 9.17) is 5.41 Å². The van der Waals surface area contributed by atoms with E-state index in [1.54, 1.807) is 0 Å². The maximum Gasteiger partial charge on any atom is 0.0354 e. The molecule has 0 saturated carbocycles. The fraction of sp³-hybridized carbons (Fsp3) is 0.500. The van der Waals surface area contributed by atoms with Gasteiger partial charge in [-0.05, 0) is 30.4 Å². The van der Waals surface area contributed by atoms with Crippen LogP contribution in [0.4, 0.5) is 0 Å². The van der Waals surface area contributed by atoms with Crippen LogP contribution in [0.25, 0.3) is 0 Å². The summed E-state index contributed by atoms with van der Waals surface area (Å²) in [5.41, 5.74) is 1.84. The fourth-order valence-electron chi connectivity index (χ4n) is 1.31. The summed E-state index contributed by atoms with van der Waals surface area (Å²) < 4.78 is 1.10. The Labute approximate surface area is 96.1 Å². The summed E-state index contributed by atoms with van der Waals surface area (Å²) >= 11 is 6.89. The van der Waals surface area contributed by atoms with E-state index in [9.17, 15) is 0 Å². The van der Waals surface area contributed by atoms with Gasteiger partial charge in [0.25, 0.3) is 0 Å². The molecule has 0 heterocycles. The number of rotatable bonds is 1. The van der Waals surface area contributed by atoms with Crippen molar-refractivity contribution in [2.75, 3.05) is 5.33 Å². The van der Waals surface area contributed by atoms with Crippen LogP contribution in [0, 0.1) is 11.3 Å². The second-order valence-electron chi connectivity index (χ2n) is 3.35. The van der Waals surface area contributed by atoms with Gasteiger partial charge in [0.15, 0.2) is 0 Å². The third-order valence-electron chi connectivity index (χ3n) is 2.14. The second kappa shape index (κ2) is 5.11. The molecule has 0 saturated heterocycles. The predicted octanol–water partition coefficient (Wildman–Crippen LogP) is 4.04. The van der Waals surface area contributed by atoms with Gasteiger partial charge in [-0.15, -0.1) is 0 Å². The van der Waals surface area contributed by atoms with E-state index in [0.29, 0.717) is 5.92 Å². The highest BCUT2D eigenvalue weighted by atomic mass is 79.9. The molecule has 1 N–H and O–H groups in total. The van der Waals surface area contributed by atoms with Gasteiger partial charge in [0, 0.05) is 15.5 Å².